The third kappa shape index (κ3) is 3.17. The molecule has 17 heavy (non-hydrogen) atoms. The molecule has 0 saturated carbocycles. The number of rotatable bonds is 3. The fourth-order valence-corrected chi connectivity index (χ4v) is 2.29. The highest BCUT2D eigenvalue weighted by atomic mass is 16.1. The van der Waals surface area contributed by atoms with Crippen molar-refractivity contribution in [1.29, 1.82) is 0 Å². The largest absolute Gasteiger partial charge is 0.314 e. The lowest BCUT2D eigenvalue weighted by Gasteiger charge is -2.37. The summed E-state index contributed by atoms with van der Waals surface area (Å²) >= 11 is 0. The summed E-state index contributed by atoms with van der Waals surface area (Å²) in [7, 11) is 0. The Bertz CT molecular complexity index is 415. The van der Waals surface area contributed by atoms with Crippen LogP contribution < -0.4 is 10.9 Å². The topological polar surface area (TPSA) is 37.3 Å². The van der Waals surface area contributed by atoms with Gasteiger partial charge in [-0.05, 0) is 19.9 Å². The maximum Gasteiger partial charge on any atom is 0.250 e. The first-order valence-electron chi connectivity index (χ1n) is 6.29. The standard InChI is InChI=1S/C13H21N3O/c1-11-10-16(12(2)9-14-11)8-7-15-6-4-3-5-13(15)17/h3-6,11-12,14H,7-10H2,1-2H3. The Hall–Kier alpha value is -1.13. The highest BCUT2D eigenvalue weighted by Crippen LogP contribution is 2.06. The van der Waals surface area contributed by atoms with Gasteiger partial charge in [0.1, 0.15) is 0 Å². The van der Waals surface area contributed by atoms with Crippen LogP contribution in [0.3, 0.4) is 0 Å². The smallest absolute Gasteiger partial charge is 0.250 e. The van der Waals surface area contributed by atoms with Crippen molar-refractivity contribution in [2.75, 3.05) is 19.6 Å². The quantitative estimate of drug-likeness (QED) is 0.830. The highest BCUT2D eigenvalue weighted by Gasteiger charge is 2.21. The SMILES string of the molecule is CC1CN(CCn2ccccc2=O)C(C)CN1. The van der Waals surface area contributed by atoms with Crippen molar-refractivity contribution in [2.45, 2.75) is 32.5 Å². The summed E-state index contributed by atoms with van der Waals surface area (Å²) in [5, 5.41) is 3.46. The number of hydrogen-bond donors (Lipinski definition) is 1. The Labute approximate surface area is 102 Å². The first kappa shape index (κ1) is 12.3. The summed E-state index contributed by atoms with van der Waals surface area (Å²) in [6, 6.07) is 6.40. The maximum absolute atomic E-state index is 11.6. The lowest BCUT2D eigenvalue weighted by Crippen LogP contribution is -2.55. The fraction of sp³-hybridized carbons (Fsp3) is 0.615. The van der Waals surface area contributed by atoms with E-state index in [2.05, 4.69) is 24.1 Å². The Balaban J connectivity index is 1.93. The van der Waals surface area contributed by atoms with Crippen LogP contribution >= 0.6 is 0 Å². The van der Waals surface area contributed by atoms with Crippen molar-refractivity contribution in [3.8, 4) is 0 Å². The third-order valence-corrected chi connectivity index (χ3v) is 3.42. The summed E-state index contributed by atoms with van der Waals surface area (Å²) in [6.07, 6.45) is 1.86. The van der Waals surface area contributed by atoms with E-state index in [1.807, 2.05) is 12.3 Å². The number of hydrogen-bond acceptors (Lipinski definition) is 3. The Morgan fingerprint density at radius 2 is 2.18 bits per heavy atom. The van der Waals surface area contributed by atoms with Crippen molar-refractivity contribution >= 4 is 0 Å². The molecule has 0 aliphatic carbocycles. The molecule has 1 aromatic rings. The van der Waals surface area contributed by atoms with Gasteiger partial charge >= 0.3 is 0 Å². The van der Waals surface area contributed by atoms with E-state index in [0.29, 0.717) is 12.1 Å². The molecule has 0 aromatic carbocycles. The van der Waals surface area contributed by atoms with Gasteiger partial charge in [-0.2, -0.15) is 0 Å². The molecule has 4 heteroatoms. The van der Waals surface area contributed by atoms with E-state index in [9.17, 15) is 4.79 Å². The van der Waals surface area contributed by atoms with Crippen molar-refractivity contribution in [2.24, 2.45) is 0 Å². The second-order valence-corrected chi connectivity index (χ2v) is 4.89. The first-order valence-corrected chi connectivity index (χ1v) is 6.29. The van der Waals surface area contributed by atoms with E-state index >= 15 is 0 Å². The number of piperazine rings is 1. The van der Waals surface area contributed by atoms with Crippen LogP contribution in [0, 0.1) is 0 Å². The predicted molar refractivity (Wildman–Crippen MR) is 69.2 cm³/mol. The minimum Gasteiger partial charge on any atom is -0.314 e. The average Bonchev–Trinajstić information content (AvgIpc) is 2.32. The molecule has 0 amide bonds. The molecule has 1 N–H and O–H groups in total. The molecule has 4 nitrogen and oxygen atoms in total. The van der Waals surface area contributed by atoms with Gasteiger partial charge in [0.05, 0.1) is 0 Å². The second-order valence-electron chi connectivity index (χ2n) is 4.89. The molecule has 0 radical (unpaired) electrons. The van der Waals surface area contributed by atoms with E-state index in [4.69, 9.17) is 0 Å². The molecule has 1 aromatic heterocycles. The van der Waals surface area contributed by atoms with E-state index in [1.165, 1.54) is 0 Å². The molecule has 2 rings (SSSR count). The first-order chi connectivity index (χ1) is 8.16. The van der Waals surface area contributed by atoms with Crippen LogP contribution in [0.2, 0.25) is 0 Å². The molecule has 1 fully saturated rings. The summed E-state index contributed by atoms with van der Waals surface area (Å²) in [6.45, 7) is 8.24. The van der Waals surface area contributed by atoms with Crippen LogP contribution in [0.5, 0.6) is 0 Å². The molecule has 2 atom stereocenters. The molecule has 2 unspecified atom stereocenters. The van der Waals surface area contributed by atoms with Gasteiger partial charge in [0.25, 0.3) is 5.56 Å². The normalized spacial score (nSPS) is 26.0. The van der Waals surface area contributed by atoms with Gasteiger partial charge in [-0.15, -0.1) is 0 Å². The van der Waals surface area contributed by atoms with Gasteiger partial charge in [0.15, 0.2) is 0 Å². The highest BCUT2D eigenvalue weighted by molar-refractivity contribution is 4.93. The van der Waals surface area contributed by atoms with Gasteiger partial charge in [-0.25, -0.2) is 0 Å². The van der Waals surface area contributed by atoms with Crippen molar-refractivity contribution in [3.05, 3.63) is 34.7 Å². The zero-order valence-corrected chi connectivity index (χ0v) is 10.6. The molecule has 2 heterocycles. The molecule has 0 spiro atoms. The molecule has 0 bridgehead atoms. The van der Waals surface area contributed by atoms with Crippen LogP contribution in [0.15, 0.2) is 29.2 Å². The average molecular weight is 235 g/mol. The van der Waals surface area contributed by atoms with Crippen molar-refractivity contribution in [3.63, 3.8) is 0 Å². The summed E-state index contributed by atoms with van der Waals surface area (Å²) < 4.78 is 1.78. The molecule has 1 saturated heterocycles. The van der Waals surface area contributed by atoms with E-state index in [0.717, 1.165) is 26.2 Å². The third-order valence-electron chi connectivity index (χ3n) is 3.42. The van der Waals surface area contributed by atoms with Gasteiger partial charge in [0.2, 0.25) is 0 Å². The molecule has 1 aliphatic heterocycles. The Kier molecular flexibility index (Phi) is 3.97. The van der Waals surface area contributed by atoms with Crippen LogP contribution in [-0.2, 0) is 6.54 Å². The van der Waals surface area contributed by atoms with Crippen molar-refractivity contribution in [1.82, 2.24) is 14.8 Å². The van der Waals surface area contributed by atoms with Gasteiger partial charge < -0.3 is 9.88 Å². The summed E-state index contributed by atoms with van der Waals surface area (Å²) in [5.41, 5.74) is 0.0864. The lowest BCUT2D eigenvalue weighted by atomic mass is 10.1. The Morgan fingerprint density at radius 1 is 1.35 bits per heavy atom. The van der Waals surface area contributed by atoms with Gasteiger partial charge in [0, 0.05) is 50.5 Å². The molecule has 94 valence electrons. The van der Waals surface area contributed by atoms with E-state index in [-0.39, 0.29) is 5.56 Å². The summed E-state index contributed by atoms with van der Waals surface area (Å²) in [4.78, 5) is 14.0. The predicted octanol–water partition coefficient (Wildman–Crippen LogP) is 0.531. The van der Waals surface area contributed by atoms with Crippen LogP contribution in [0.25, 0.3) is 0 Å². The van der Waals surface area contributed by atoms with Crippen LogP contribution in [-0.4, -0.2) is 41.2 Å². The number of nitrogens with zero attached hydrogens (tertiary/aromatic N) is 2. The summed E-state index contributed by atoms with van der Waals surface area (Å²) in [5.74, 6) is 0. The monoisotopic (exact) mass is 235 g/mol. The number of nitrogens with one attached hydrogen (secondary N) is 1. The van der Waals surface area contributed by atoms with Crippen molar-refractivity contribution < 1.29 is 0 Å². The van der Waals surface area contributed by atoms with Gasteiger partial charge in [-0.3, -0.25) is 9.69 Å². The molecular weight excluding hydrogens is 214 g/mol. The van der Waals surface area contributed by atoms with Gasteiger partial charge in [-0.1, -0.05) is 6.07 Å². The van der Waals surface area contributed by atoms with Crippen LogP contribution in [0.1, 0.15) is 13.8 Å². The maximum atomic E-state index is 11.6. The Morgan fingerprint density at radius 3 is 2.94 bits per heavy atom. The van der Waals surface area contributed by atoms with Crippen LogP contribution in [0.4, 0.5) is 0 Å². The number of pyridine rings is 1. The lowest BCUT2D eigenvalue weighted by molar-refractivity contribution is 0.141. The van der Waals surface area contributed by atoms with E-state index < -0.39 is 0 Å². The number of aromatic nitrogens is 1. The molecule has 1 aliphatic rings. The fourth-order valence-electron chi connectivity index (χ4n) is 2.29. The second kappa shape index (κ2) is 5.47. The molecular formula is C13H21N3O. The minimum absolute atomic E-state index is 0.0864. The zero-order valence-electron chi connectivity index (χ0n) is 10.6. The minimum atomic E-state index is 0.0864. The van der Waals surface area contributed by atoms with E-state index in [1.54, 1.807) is 16.7 Å². The zero-order chi connectivity index (χ0) is 12.3.